The number of benzene rings is 2. The fourth-order valence-corrected chi connectivity index (χ4v) is 4.08. The van der Waals surface area contributed by atoms with Crippen molar-refractivity contribution in [1.82, 2.24) is 0 Å². The first-order valence-electron chi connectivity index (χ1n) is 6.26. The van der Waals surface area contributed by atoms with Crippen LogP contribution >= 0.6 is 11.3 Å². The Balaban J connectivity index is 2.28. The zero-order valence-electron chi connectivity index (χ0n) is 9.92. The number of aryl methyl sites for hydroxylation is 3. The van der Waals surface area contributed by atoms with Crippen LogP contribution in [0.3, 0.4) is 0 Å². The number of rotatable bonds is 0. The van der Waals surface area contributed by atoms with E-state index in [1.807, 2.05) is 11.3 Å². The van der Waals surface area contributed by atoms with Crippen LogP contribution in [-0.4, -0.2) is 0 Å². The van der Waals surface area contributed by atoms with Crippen molar-refractivity contribution < 1.29 is 0 Å². The summed E-state index contributed by atoms with van der Waals surface area (Å²) in [6, 6.07) is 9.32. The lowest BCUT2D eigenvalue weighted by molar-refractivity contribution is 0.913. The Morgan fingerprint density at radius 1 is 1.06 bits per heavy atom. The molecule has 0 atom stereocenters. The van der Waals surface area contributed by atoms with Crippen LogP contribution in [-0.2, 0) is 12.8 Å². The fraction of sp³-hybridized carbons (Fsp3) is 0.250. The molecule has 1 aliphatic carbocycles. The van der Waals surface area contributed by atoms with Crippen LogP contribution in [0.4, 0.5) is 0 Å². The molecule has 0 fully saturated rings. The second-order valence-electron chi connectivity index (χ2n) is 5.01. The van der Waals surface area contributed by atoms with Crippen LogP contribution in [0.15, 0.2) is 29.6 Å². The van der Waals surface area contributed by atoms with Crippen LogP contribution in [0.5, 0.6) is 0 Å². The zero-order chi connectivity index (χ0) is 11.4. The molecule has 0 saturated heterocycles. The molecule has 0 radical (unpaired) electrons. The van der Waals surface area contributed by atoms with Crippen LogP contribution < -0.4 is 0 Å². The van der Waals surface area contributed by atoms with Crippen LogP contribution in [0.1, 0.15) is 23.1 Å². The van der Waals surface area contributed by atoms with E-state index in [0.29, 0.717) is 0 Å². The molecule has 0 unspecified atom stereocenters. The molecule has 0 amide bonds. The second kappa shape index (κ2) is 3.33. The summed E-state index contributed by atoms with van der Waals surface area (Å²) in [5.41, 5.74) is 4.65. The maximum absolute atomic E-state index is 2.42. The number of fused-ring (bicyclic) bond motifs is 5. The average Bonchev–Trinajstić information content (AvgIpc) is 2.94. The van der Waals surface area contributed by atoms with Crippen molar-refractivity contribution in [3.05, 3.63) is 46.3 Å². The van der Waals surface area contributed by atoms with E-state index in [9.17, 15) is 0 Å². The van der Waals surface area contributed by atoms with E-state index >= 15 is 0 Å². The molecule has 0 spiro atoms. The van der Waals surface area contributed by atoms with Gasteiger partial charge in [-0.25, -0.2) is 0 Å². The van der Waals surface area contributed by atoms with E-state index in [0.717, 1.165) is 0 Å². The number of hydrogen-bond acceptors (Lipinski definition) is 1. The first-order valence-corrected chi connectivity index (χ1v) is 7.14. The topological polar surface area (TPSA) is 0 Å². The van der Waals surface area contributed by atoms with E-state index in [4.69, 9.17) is 0 Å². The predicted octanol–water partition coefficient (Wildman–Crippen LogP) is 4.85. The lowest BCUT2D eigenvalue weighted by atomic mass is 9.95. The van der Waals surface area contributed by atoms with E-state index in [1.165, 1.54) is 45.7 Å². The number of thiophene rings is 1. The molecule has 0 aliphatic heterocycles. The molecule has 84 valence electrons. The molecule has 0 nitrogen and oxygen atoms in total. The molecule has 2 aromatic carbocycles. The Labute approximate surface area is 105 Å². The van der Waals surface area contributed by atoms with Crippen LogP contribution in [0.2, 0.25) is 0 Å². The van der Waals surface area contributed by atoms with Crippen LogP contribution in [0, 0.1) is 6.92 Å². The molecule has 3 aromatic rings. The molecule has 1 heteroatoms. The molecule has 0 N–H and O–H groups in total. The highest BCUT2D eigenvalue weighted by atomic mass is 32.1. The summed E-state index contributed by atoms with van der Waals surface area (Å²) in [5.74, 6) is 0. The molecule has 0 bridgehead atoms. The molecule has 1 aliphatic rings. The van der Waals surface area contributed by atoms with Gasteiger partial charge in [-0.05, 0) is 71.2 Å². The Hall–Kier alpha value is -1.34. The Kier molecular flexibility index (Phi) is 1.89. The van der Waals surface area contributed by atoms with E-state index < -0.39 is 0 Å². The minimum Gasteiger partial charge on any atom is -0.144 e. The standard InChI is InChI=1S/C16H14S/c1-10-9-11-3-2-4-12(11)13-5-6-15-14(16(10)13)7-8-17-15/h5-9H,2-4H2,1H3. The largest absolute Gasteiger partial charge is 0.144 e. The molecular formula is C16H14S. The SMILES string of the molecule is Cc1cc2c(c3ccc4sccc4c13)CCC2. The van der Waals surface area contributed by atoms with Gasteiger partial charge >= 0.3 is 0 Å². The van der Waals surface area contributed by atoms with E-state index in [-0.39, 0.29) is 0 Å². The van der Waals surface area contributed by atoms with Crippen LogP contribution in [0.25, 0.3) is 20.9 Å². The van der Waals surface area contributed by atoms with Gasteiger partial charge < -0.3 is 0 Å². The highest BCUT2D eigenvalue weighted by Crippen LogP contribution is 2.37. The average molecular weight is 238 g/mol. The summed E-state index contributed by atoms with van der Waals surface area (Å²) >= 11 is 1.84. The minimum absolute atomic E-state index is 1.27. The van der Waals surface area contributed by atoms with Crippen molar-refractivity contribution in [1.29, 1.82) is 0 Å². The number of hydrogen-bond donors (Lipinski definition) is 0. The maximum Gasteiger partial charge on any atom is 0.0349 e. The van der Waals surface area contributed by atoms with Gasteiger partial charge in [-0.3, -0.25) is 0 Å². The first-order chi connectivity index (χ1) is 8.34. The quantitative estimate of drug-likeness (QED) is 0.525. The third-order valence-electron chi connectivity index (χ3n) is 4.01. The van der Waals surface area contributed by atoms with Crippen molar-refractivity contribution in [3.63, 3.8) is 0 Å². The van der Waals surface area contributed by atoms with Crippen molar-refractivity contribution in [2.45, 2.75) is 26.2 Å². The molecule has 0 saturated carbocycles. The van der Waals surface area contributed by atoms with Crippen molar-refractivity contribution in [2.75, 3.05) is 0 Å². The van der Waals surface area contributed by atoms with Gasteiger partial charge in [0.15, 0.2) is 0 Å². The van der Waals surface area contributed by atoms with Crippen molar-refractivity contribution in [3.8, 4) is 0 Å². The molecule has 17 heavy (non-hydrogen) atoms. The van der Waals surface area contributed by atoms with Gasteiger partial charge in [0.25, 0.3) is 0 Å². The van der Waals surface area contributed by atoms with Gasteiger partial charge in [0.1, 0.15) is 0 Å². The monoisotopic (exact) mass is 238 g/mol. The molecule has 1 heterocycles. The minimum atomic E-state index is 1.27. The lowest BCUT2D eigenvalue weighted by Crippen LogP contribution is -1.89. The summed E-state index contributed by atoms with van der Waals surface area (Å²) in [7, 11) is 0. The van der Waals surface area contributed by atoms with Gasteiger partial charge in [-0.2, -0.15) is 0 Å². The smallest absolute Gasteiger partial charge is 0.0349 e. The summed E-state index contributed by atoms with van der Waals surface area (Å²) in [4.78, 5) is 0. The summed E-state index contributed by atoms with van der Waals surface area (Å²) in [5, 5.41) is 6.64. The highest BCUT2D eigenvalue weighted by molar-refractivity contribution is 7.17. The molecule has 4 rings (SSSR count). The van der Waals surface area contributed by atoms with E-state index in [1.54, 1.807) is 11.1 Å². The third kappa shape index (κ3) is 1.23. The normalized spacial score (nSPS) is 14.6. The van der Waals surface area contributed by atoms with Gasteiger partial charge in [0.05, 0.1) is 0 Å². The molecule has 1 aromatic heterocycles. The first kappa shape index (κ1) is 9.67. The lowest BCUT2D eigenvalue weighted by Gasteiger charge is -2.10. The van der Waals surface area contributed by atoms with E-state index in [2.05, 4.69) is 36.6 Å². The fourth-order valence-electron chi connectivity index (χ4n) is 3.29. The van der Waals surface area contributed by atoms with Gasteiger partial charge in [0.2, 0.25) is 0 Å². The van der Waals surface area contributed by atoms with Gasteiger partial charge in [-0.15, -0.1) is 11.3 Å². The van der Waals surface area contributed by atoms with Gasteiger partial charge in [-0.1, -0.05) is 12.1 Å². The summed E-state index contributed by atoms with van der Waals surface area (Å²) < 4.78 is 1.42. The second-order valence-corrected chi connectivity index (χ2v) is 5.95. The zero-order valence-corrected chi connectivity index (χ0v) is 10.7. The summed E-state index contributed by atoms with van der Waals surface area (Å²) in [6.07, 6.45) is 3.87. The molecular weight excluding hydrogens is 224 g/mol. The van der Waals surface area contributed by atoms with Gasteiger partial charge in [0, 0.05) is 10.1 Å². The predicted molar refractivity (Wildman–Crippen MR) is 76.1 cm³/mol. The Morgan fingerprint density at radius 2 is 2.00 bits per heavy atom. The summed E-state index contributed by atoms with van der Waals surface area (Å²) in [6.45, 7) is 2.26. The Morgan fingerprint density at radius 3 is 2.94 bits per heavy atom. The third-order valence-corrected chi connectivity index (χ3v) is 4.89. The highest BCUT2D eigenvalue weighted by Gasteiger charge is 2.16. The van der Waals surface area contributed by atoms with Crippen molar-refractivity contribution in [2.24, 2.45) is 0 Å². The van der Waals surface area contributed by atoms with Crippen molar-refractivity contribution >= 4 is 32.2 Å². The Bertz CT molecular complexity index is 734. The maximum atomic E-state index is 2.42.